The number of hydrogen-bond acceptors (Lipinski definition) is 3. The van der Waals surface area contributed by atoms with Gasteiger partial charge in [-0.05, 0) is 31.6 Å². The molecule has 0 spiro atoms. The fraction of sp³-hybridized carbons (Fsp3) is 0.857. The van der Waals surface area contributed by atoms with Crippen LogP contribution in [0.2, 0.25) is 0 Å². The minimum atomic E-state index is -0.487. The SMILES string of the molecule is CC[C@H](C)[C@H](N)C(=O)N1CCCC1C(=O)NC1CC1. The van der Waals surface area contributed by atoms with Crippen LogP contribution in [-0.4, -0.2) is 41.4 Å². The molecule has 1 saturated carbocycles. The summed E-state index contributed by atoms with van der Waals surface area (Å²) in [5, 5.41) is 2.99. The maximum absolute atomic E-state index is 12.4. The quantitative estimate of drug-likeness (QED) is 0.767. The van der Waals surface area contributed by atoms with Crippen molar-refractivity contribution >= 4 is 11.8 Å². The first-order chi connectivity index (χ1) is 9.04. The van der Waals surface area contributed by atoms with Gasteiger partial charge in [0.2, 0.25) is 11.8 Å². The van der Waals surface area contributed by atoms with E-state index in [-0.39, 0.29) is 23.8 Å². The monoisotopic (exact) mass is 267 g/mol. The number of carbonyl (C=O) groups excluding carboxylic acids is 2. The third-order valence-electron chi connectivity index (χ3n) is 4.30. The molecule has 0 aromatic rings. The molecule has 1 aliphatic carbocycles. The number of amides is 2. The molecule has 3 N–H and O–H groups in total. The van der Waals surface area contributed by atoms with Crippen LogP contribution in [0.3, 0.4) is 0 Å². The zero-order valence-electron chi connectivity index (χ0n) is 11.9. The lowest BCUT2D eigenvalue weighted by molar-refractivity contribution is -0.140. The van der Waals surface area contributed by atoms with Crippen molar-refractivity contribution in [2.45, 2.75) is 64.1 Å². The normalized spacial score (nSPS) is 26.1. The Kier molecular flexibility index (Phi) is 4.45. The summed E-state index contributed by atoms with van der Waals surface area (Å²) in [5.41, 5.74) is 6.00. The lowest BCUT2D eigenvalue weighted by Crippen LogP contribution is -2.53. The van der Waals surface area contributed by atoms with Crippen LogP contribution in [0.5, 0.6) is 0 Å². The Hall–Kier alpha value is -1.10. The molecule has 0 bridgehead atoms. The van der Waals surface area contributed by atoms with E-state index in [0.29, 0.717) is 12.6 Å². The maximum Gasteiger partial charge on any atom is 0.243 e. The van der Waals surface area contributed by atoms with E-state index in [1.807, 2.05) is 13.8 Å². The molecule has 0 aromatic carbocycles. The van der Waals surface area contributed by atoms with Crippen molar-refractivity contribution in [1.29, 1.82) is 0 Å². The molecular formula is C14H25N3O2. The zero-order valence-corrected chi connectivity index (χ0v) is 11.9. The van der Waals surface area contributed by atoms with E-state index in [1.54, 1.807) is 4.90 Å². The first-order valence-electron chi connectivity index (χ1n) is 7.41. The third-order valence-corrected chi connectivity index (χ3v) is 4.30. The Morgan fingerprint density at radius 1 is 1.37 bits per heavy atom. The Labute approximate surface area is 114 Å². The van der Waals surface area contributed by atoms with Gasteiger partial charge in [0.25, 0.3) is 0 Å². The van der Waals surface area contributed by atoms with Crippen molar-refractivity contribution in [2.75, 3.05) is 6.54 Å². The summed E-state index contributed by atoms with van der Waals surface area (Å²) in [6.07, 6.45) is 4.66. The average Bonchev–Trinajstić information content (AvgIpc) is 3.08. The maximum atomic E-state index is 12.4. The number of likely N-dealkylation sites (tertiary alicyclic amines) is 1. The number of nitrogens with one attached hydrogen (secondary N) is 1. The second-order valence-corrected chi connectivity index (χ2v) is 5.88. The van der Waals surface area contributed by atoms with Crippen LogP contribution >= 0.6 is 0 Å². The Morgan fingerprint density at radius 3 is 2.63 bits per heavy atom. The molecule has 1 aliphatic heterocycles. The van der Waals surface area contributed by atoms with Gasteiger partial charge in [0.05, 0.1) is 6.04 Å². The summed E-state index contributed by atoms with van der Waals surface area (Å²) >= 11 is 0. The predicted molar refractivity (Wildman–Crippen MR) is 73.3 cm³/mol. The Morgan fingerprint density at radius 2 is 2.05 bits per heavy atom. The highest BCUT2D eigenvalue weighted by Crippen LogP contribution is 2.23. The van der Waals surface area contributed by atoms with Crippen molar-refractivity contribution in [3.05, 3.63) is 0 Å². The molecule has 5 nitrogen and oxygen atoms in total. The fourth-order valence-electron chi connectivity index (χ4n) is 2.52. The van der Waals surface area contributed by atoms with Gasteiger partial charge >= 0.3 is 0 Å². The van der Waals surface area contributed by atoms with Gasteiger partial charge in [-0.2, -0.15) is 0 Å². The van der Waals surface area contributed by atoms with Crippen LogP contribution in [-0.2, 0) is 9.59 Å². The summed E-state index contributed by atoms with van der Waals surface area (Å²) in [5.74, 6) is 0.0905. The predicted octanol–water partition coefficient (Wildman–Crippen LogP) is 0.629. The number of hydrogen-bond donors (Lipinski definition) is 2. The second-order valence-electron chi connectivity index (χ2n) is 5.88. The van der Waals surface area contributed by atoms with E-state index in [9.17, 15) is 9.59 Å². The van der Waals surface area contributed by atoms with E-state index in [2.05, 4.69) is 5.32 Å². The van der Waals surface area contributed by atoms with Crippen molar-refractivity contribution in [2.24, 2.45) is 11.7 Å². The van der Waals surface area contributed by atoms with Gasteiger partial charge in [-0.3, -0.25) is 9.59 Å². The van der Waals surface area contributed by atoms with Gasteiger partial charge in [-0.1, -0.05) is 20.3 Å². The second kappa shape index (κ2) is 5.90. The average molecular weight is 267 g/mol. The largest absolute Gasteiger partial charge is 0.352 e. The molecule has 0 aromatic heterocycles. The van der Waals surface area contributed by atoms with Gasteiger partial charge in [0, 0.05) is 12.6 Å². The minimum absolute atomic E-state index is 0.00435. The zero-order chi connectivity index (χ0) is 14.0. The molecule has 1 unspecified atom stereocenters. The lowest BCUT2D eigenvalue weighted by atomic mass is 9.98. The van der Waals surface area contributed by atoms with E-state index in [1.165, 1.54) is 0 Å². The minimum Gasteiger partial charge on any atom is -0.352 e. The van der Waals surface area contributed by atoms with Gasteiger partial charge in [0.15, 0.2) is 0 Å². The smallest absolute Gasteiger partial charge is 0.243 e. The molecular weight excluding hydrogens is 242 g/mol. The molecule has 1 heterocycles. The van der Waals surface area contributed by atoms with Crippen molar-refractivity contribution in [3.63, 3.8) is 0 Å². The van der Waals surface area contributed by atoms with Gasteiger partial charge in [0.1, 0.15) is 6.04 Å². The van der Waals surface area contributed by atoms with Crippen LogP contribution in [0.1, 0.15) is 46.0 Å². The topological polar surface area (TPSA) is 75.4 Å². The van der Waals surface area contributed by atoms with Gasteiger partial charge in [-0.25, -0.2) is 0 Å². The standard InChI is InChI=1S/C14H25N3O2/c1-3-9(2)12(15)14(19)17-8-4-5-11(17)13(18)16-10-6-7-10/h9-12H,3-8,15H2,1-2H3,(H,16,18)/t9-,11?,12-/m0/s1. The summed E-state index contributed by atoms with van der Waals surface area (Å²) in [4.78, 5) is 26.2. The third kappa shape index (κ3) is 3.26. The van der Waals surface area contributed by atoms with Gasteiger partial charge in [-0.15, -0.1) is 0 Å². The Bertz CT molecular complexity index is 355. The highest BCUT2D eigenvalue weighted by atomic mass is 16.2. The lowest BCUT2D eigenvalue weighted by Gasteiger charge is -2.28. The van der Waals surface area contributed by atoms with Gasteiger partial charge < -0.3 is 16.0 Å². The van der Waals surface area contributed by atoms with Crippen molar-refractivity contribution < 1.29 is 9.59 Å². The van der Waals surface area contributed by atoms with Crippen LogP contribution in [0.15, 0.2) is 0 Å². The number of carbonyl (C=O) groups is 2. The summed E-state index contributed by atoms with van der Waals surface area (Å²) in [7, 11) is 0. The van der Waals surface area contributed by atoms with Crippen LogP contribution in [0, 0.1) is 5.92 Å². The molecule has 0 radical (unpaired) electrons. The van der Waals surface area contributed by atoms with Crippen molar-refractivity contribution in [3.8, 4) is 0 Å². The molecule has 2 aliphatic rings. The van der Waals surface area contributed by atoms with E-state index >= 15 is 0 Å². The summed E-state index contributed by atoms with van der Waals surface area (Å²) in [6.45, 7) is 4.67. The van der Waals surface area contributed by atoms with E-state index in [0.717, 1.165) is 32.1 Å². The molecule has 2 fully saturated rings. The molecule has 2 amide bonds. The molecule has 108 valence electrons. The number of nitrogens with two attached hydrogens (primary N) is 1. The molecule has 19 heavy (non-hydrogen) atoms. The highest BCUT2D eigenvalue weighted by molar-refractivity contribution is 5.90. The Balaban J connectivity index is 1.96. The van der Waals surface area contributed by atoms with Crippen LogP contribution in [0.4, 0.5) is 0 Å². The summed E-state index contributed by atoms with van der Waals surface area (Å²) in [6, 6.07) is -0.448. The van der Waals surface area contributed by atoms with Crippen LogP contribution < -0.4 is 11.1 Å². The number of nitrogens with zero attached hydrogens (tertiary/aromatic N) is 1. The fourth-order valence-corrected chi connectivity index (χ4v) is 2.52. The highest BCUT2D eigenvalue weighted by Gasteiger charge is 2.38. The number of rotatable bonds is 5. The first kappa shape index (κ1) is 14.3. The van der Waals surface area contributed by atoms with Crippen LogP contribution in [0.25, 0.3) is 0 Å². The molecule has 2 rings (SSSR count). The molecule has 5 heteroatoms. The van der Waals surface area contributed by atoms with E-state index < -0.39 is 6.04 Å². The molecule has 1 saturated heterocycles. The molecule has 3 atom stereocenters. The van der Waals surface area contributed by atoms with Crippen molar-refractivity contribution in [1.82, 2.24) is 10.2 Å². The summed E-state index contributed by atoms with van der Waals surface area (Å²) < 4.78 is 0. The first-order valence-corrected chi connectivity index (χ1v) is 7.41. The van der Waals surface area contributed by atoms with E-state index in [4.69, 9.17) is 5.73 Å².